The van der Waals surface area contributed by atoms with Crippen LogP contribution in [0.4, 0.5) is 4.79 Å². The Morgan fingerprint density at radius 2 is 2.21 bits per heavy atom. The van der Waals surface area contributed by atoms with E-state index in [-0.39, 0.29) is 18.3 Å². The van der Waals surface area contributed by atoms with Crippen molar-refractivity contribution in [2.24, 2.45) is 5.92 Å². The maximum absolute atomic E-state index is 12.2. The number of urea groups is 1. The molecule has 1 fully saturated rings. The molecule has 0 radical (unpaired) electrons. The number of rotatable bonds is 6. The minimum Gasteiger partial charge on any atom is -0.454 e. The molecule has 2 aliphatic heterocycles. The van der Waals surface area contributed by atoms with Gasteiger partial charge in [0.15, 0.2) is 27.8 Å². The molecule has 34 heavy (non-hydrogen) atoms. The van der Waals surface area contributed by atoms with Crippen LogP contribution in [0.3, 0.4) is 0 Å². The number of ether oxygens (including phenoxy) is 2. The maximum atomic E-state index is 12.2. The summed E-state index contributed by atoms with van der Waals surface area (Å²) < 4.78 is 13.8. The summed E-state index contributed by atoms with van der Waals surface area (Å²) in [7, 11) is 0. The number of hydrogen-bond donors (Lipinski definition) is 3. The number of nitrogens with zero attached hydrogens (tertiary/aromatic N) is 4. The van der Waals surface area contributed by atoms with E-state index in [2.05, 4.69) is 31.2 Å². The molecule has 1 saturated heterocycles. The predicted octanol–water partition coefficient (Wildman–Crippen LogP) is 3.71. The fourth-order valence-corrected chi connectivity index (χ4v) is 5.71. The second-order valence-corrected chi connectivity index (χ2v) is 10.2. The fraction of sp³-hybridized carbons (Fsp3) is 0.455. The smallest absolute Gasteiger partial charge is 0.317 e. The Morgan fingerprint density at radius 3 is 3.03 bits per heavy atom. The zero-order chi connectivity index (χ0) is 23.7. The van der Waals surface area contributed by atoms with Gasteiger partial charge in [0.25, 0.3) is 0 Å². The van der Waals surface area contributed by atoms with Crippen molar-refractivity contribution in [2.45, 2.75) is 42.8 Å². The normalized spacial score (nSPS) is 17.4. The van der Waals surface area contributed by atoms with E-state index in [1.807, 2.05) is 28.5 Å². The maximum Gasteiger partial charge on any atom is 0.317 e. The summed E-state index contributed by atoms with van der Waals surface area (Å²) in [5.74, 6) is 1.84. The lowest BCUT2D eigenvalue weighted by molar-refractivity contribution is 0.161. The summed E-state index contributed by atoms with van der Waals surface area (Å²) in [6.45, 7) is 5.09. The van der Waals surface area contributed by atoms with Crippen molar-refractivity contribution >= 4 is 44.9 Å². The number of likely N-dealkylation sites (tertiary alicyclic amines) is 1. The molecule has 3 N–H and O–H groups in total. The molecular formula is C22H26BrN7O3S. The van der Waals surface area contributed by atoms with Gasteiger partial charge in [-0.25, -0.2) is 14.8 Å². The molecule has 0 saturated carbocycles. The molecule has 2 amide bonds. The van der Waals surface area contributed by atoms with E-state index >= 15 is 0 Å². The van der Waals surface area contributed by atoms with E-state index in [4.69, 9.17) is 19.9 Å². The van der Waals surface area contributed by atoms with E-state index in [9.17, 15) is 4.79 Å². The highest BCUT2D eigenvalue weighted by atomic mass is 79.9. The van der Waals surface area contributed by atoms with Gasteiger partial charge in [-0.1, -0.05) is 11.8 Å². The average Bonchev–Trinajstić information content (AvgIpc) is 3.46. The quantitative estimate of drug-likeness (QED) is 0.432. The van der Waals surface area contributed by atoms with Crippen LogP contribution in [0.15, 0.2) is 33.0 Å². The Kier molecular flexibility index (Phi) is 6.68. The number of aromatic amines is 1. The van der Waals surface area contributed by atoms with Crippen molar-refractivity contribution < 1.29 is 14.3 Å². The van der Waals surface area contributed by atoms with Crippen molar-refractivity contribution in [2.75, 3.05) is 26.4 Å². The minimum absolute atomic E-state index is 0.0196. The summed E-state index contributed by atoms with van der Waals surface area (Å²) in [6.07, 6.45) is 4.71. The zero-order valence-corrected chi connectivity index (χ0v) is 21.2. The molecule has 0 spiro atoms. The number of carbonyl (C=O) groups excluding carboxylic acids is 1. The van der Waals surface area contributed by atoms with E-state index in [0.717, 1.165) is 48.3 Å². The van der Waals surface area contributed by atoms with Crippen molar-refractivity contribution in [3.63, 3.8) is 0 Å². The van der Waals surface area contributed by atoms with Gasteiger partial charge in [0.05, 0.1) is 6.33 Å². The number of piperidine rings is 1. The fourth-order valence-electron chi connectivity index (χ4n) is 4.33. The number of carbonyl (C=O) groups is 1. The molecule has 4 heterocycles. The van der Waals surface area contributed by atoms with Gasteiger partial charge in [-0.15, -0.1) is 0 Å². The molecule has 0 aliphatic carbocycles. The largest absolute Gasteiger partial charge is 0.454 e. The predicted molar refractivity (Wildman–Crippen MR) is 130 cm³/mol. The van der Waals surface area contributed by atoms with Crippen LogP contribution >= 0.6 is 27.7 Å². The van der Waals surface area contributed by atoms with Crippen LogP contribution in [-0.2, 0) is 6.54 Å². The lowest BCUT2D eigenvalue weighted by Crippen LogP contribution is -2.45. The molecule has 0 bridgehead atoms. The molecule has 2 aliphatic rings. The highest BCUT2D eigenvalue weighted by Gasteiger charge is 2.24. The van der Waals surface area contributed by atoms with Gasteiger partial charge in [-0.3, -0.25) is 5.41 Å². The monoisotopic (exact) mass is 547 g/mol. The molecule has 1 aromatic carbocycles. The first-order valence-electron chi connectivity index (χ1n) is 11.3. The SMILES string of the molecule is CCNC(=O)N1CCCC(CCn2cnc(=N)c3[nH]c(Sc4cc5c(cc4Br)OCO5)nc32)C1. The number of amides is 2. The third kappa shape index (κ3) is 4.74. The molecule has 1 unspecified atom stereocenters. The van der Waals surface area contributed by atoms with Gasteiger partial charge in [0, 0.05) is 35.5 Å². The van der Waals surface area contributed by atoms with Crippen molar-refractivity contribution in [3.8, 4) is 11.5 Å². The van der Waals surface area contributed by atoms with Gasteiger partial charge >= 0.3 is 6.03 Å². The van der Waals surface area contributed by atoms with Gasteiger partial charge in [0.1, 0.15) is 5.52 Å². The van der Waals surface area contributed by atoms with Crippen LogP contribution in [-0.4, -0.2) is 56.9 Å². The Labute approximate surface area is 209 Å². The van der Waals surface area contributed by atoms with Gasteiger partial charge in [-0.05, 0) is 60.2 Å². The zero-order valence-electron chi connectivity index (χ0n) is 18.8. The second-order valence-electron chi connectivity index (χ2n) is 8.34. The number of halogens is 1. The molecule has 5 rings (SSSR count). The summed E-state index contributed by atoms with van der Waals surface area (Å²) in [5.41, 5.74) is 1.47. The molecule has 12 heteroatoms. The van der Waals surface area contributed by atoms with Crippen molar-refractivity contribution in [1.82, 2.24) is 29.7 Å². The first-order valence-corrected chi connectivity index (χ1v) is 12.9. The summed E-state index contributed by atoms with van der Waals surface area (Å²) in [5, 5.41) is 11.8. The first kappa shape index (κ1) is 23.0. The third-order valence-electron chi connectivity index (χ3n) is 6.04. The lowest BCUT2D eigenvalue weighted by Gasteiger charge is -2.32. The summed E-state index contributed by atoms with van der Waals surface area (Å²) in [6, 6.07) is 3.83. The Hall–Kier alpha value is -2.73. The lowest BCUT2D eigenvalue weighted by atomic mass is 9.95. The number of aromatic nitrogens is 4. The van der Waals surface area contributed by atoms with Crippen LogP contribution < -0.4 is 20.3 Å². The minimum atomic E-state index is 0.0196. The van der Waals surface area contributed by atoms with Crippen molar-refractivity contribution in [1.29, 1.82) is 5.41 Å². The Morgan fingerprint density at radius 1 is 1.38 bits per heavy atom. The molecule has 180 valence electrons. The molecule has 10 nitrogen and oxygen atoms in total. The Balaban J connectivity index is 1.32. The number of nitrogens with one attached hydrogen (secondary N) is 3. The topological polar surface area (TPSA) is 121 Å². The average molecular weight is 548 g/mol. The first-order chi connectivity index (χ1) is 16.5. The number of imidazole rings is 1. The number of benzene rings is 1. The third-order valence-corrected chi connectivity index (χ3v) is 7.91. The molecular weight excluding hydrogens is 522 g/mol. The van der Waals surface area contributed by atoms with E-state index in [0.29, 0.717) is 40.3 Å². The highest BCUT2D eigenvalue weighted by Crippen LogP contribution is 2.42. The van der Waals surface area contributed by atoms with Crippen LogP contribution in [0.25, 0.3) is 11.2 Å². The van der Waals surface area contributed by atoms with E-state index < -0.39 is 0 Å². The van der Waals surface area contributed by atoms with E-state index in [1.165, 1.54) is 11.8 Å². The van der Waals surface area contributed by atoms with E-state index in [1.54, 1.807) is 6.33 Å². The molecule has 3 aromatic rings. The number of hydrogen-bond acceptors (Lipinski definition) is 7. The Bertz CT molecular complexity index is 1280. The molecule has 1 atom stereocenters. The summed E-state index contributed by atoms with van der Waals surface area (Å²) in [4.78, 5) is 27.3. The van der Waals surface area contributed by atoms with Crippen LogP contribution in [0.1, 0.15) is 26.2 Å². The van der Waals surface area contributed by atoms with Gasteiger partial charge in [-0.2, -0.15) is 0 Å². The second kappa shape index (κ2) is 9.87. The van der Waals surface area contributed by atoms with Gasteiger partial charge < -0.3 is 29.2 Å². The van der Waals surface area contributed by atoms with Crippen LogP contribution in [0, 0.1) is 11.3 Å². The van der Waals surface area contributed by atoms with Crippen molar-refractivity contribution in [3.05, 3.63) is 28.4 Å². The standard InChI is InChI=1S/C22H26BrN7O3S/c1-2-25-22(31)29-6-3-4-13(10-29)5-7-30-11-26-19(24)18-20(30)28-21(27-18)34-17-9-16-15(8-14(17)23)32-12-33-16/h8-9,11,13,24H,2-7,10,12H2,1H3,(H,25,31)(H,27,28). The summed E-state index contributed by atoms with van der Waals surface area (Å²) >= 11 is 5.04. The number of fused-ring (bicyclic) bond motifs is 2. The highest BCUT2D eigenvalue weighted by molar-refractivity contribution is 9.10. The van der Waals surface area contributed by atoms with Crippen LogP contribution in [0.2, 0.25) is 0 Å². The molecule has 2 aromatic heterocycles. The van der Waals surface area contributed by atoms with Gasteiger partial charge in [0.2, 0.25) is 6.79 Å². The number of aryl methyl sites for hydroxylation is 1. The van der Waals surface area contributed by atoms with Crippen LogP contribution in [0.5, 0.6) is 11.5 Å². The number of H-pyrrole nitrogens is 1.